The molecule has 0 spiro atoms. The summed E-state index contributed by atoms with van der Waals surface area (Å²) in [6, 6.07) is 23.3. The maximum atomic E-state index is 13.3. The SMILES string of the molecule is COc1ccc(C2C(=O)N(Cc3ccccc3)c3ccc(Cl)cc32)cc1. The summed E-state index contributed by atoms with van der Waals surface area (Å²) in [5, 5.41) is 0.636. The minimum absolute atomic E-state index is 0.0660. The number of hydrogen-bond donors (Lipinski definition) is 0. The van der Waals surface area contributed by atoms with Crippen LogP contribution in [0.5, 0.6) is 5.75 Å². The Bertz CT molecular complexity index is 938. The molecule has 4 rings (SSSR count). The molecule has 3 aromatic carbocycles. The van der Waals surface area contributed by atoms with Crippen LogP contribution < -0.4 is 9.64 Å². The lowest BCUT2D eigenvalue weighted by Gasteiger charge is -2.18. The predicted octanol–water partition coefficient (Wildman–Crippen LogP) is 5.03. The van der Waals surface area contributed by atoms with Gasteiger partial charge in [-0.1, -0.05) is 54.1 Å². The Hall–Kier alpha value is -2.78. The highest BCUT2D eigenvalue weighted by atomic mass is 35.5. The lowest BCUT2D eigenvalue weighted by molar-refractivity contribution is -0.118. The van der Waals surface area contributed by atoms with Gasteiger partial charge >= 0.3 is 0 Å². The van der Waals surface area contributed by atoms with Gasteiger partial charge in [0.1, 0.15) is 5.75 Å². The highest BCUT2D eigenvalue weighted by Crippen LogP contribution is 2.43. The third kappa shape index (κ3) is 2.95. The molecule has 0 fully saturated rings. The van der Waals surface area contributed by atoms with E-state index in [9.17, 15) is 4.79 Å². The van der Waals surface area contributed by atoms with Gasteiger partial charge in [0, 0.05) is 10.7 Å². The normalized spacial score (nSPS) is 15.8. The van der Waals surface area contributed by atoms with Gasteiger partial charge in [0.15, 0.2) is 0 Å². The number of methoxy groups -OCH3 is 1. The maximum Gasteiger partial charge on any atom is 0.239 e. The minimum Gasteiger partial charge on any atom is -0.497 e. The van der Waals surface area contributed by atoms with Gasteiger partial charge in [-0.05, 0) is 47.0 Å². The first-order valence-corrected chi connectivity index (χ1v) is 8.84. The van der Waals surface area contributed by atoms with Crippen LogP contribution in [0.1, 0.15) is 22.6 Å². The molecule has 1 heterocycles. The van der Waals surface area contributed by atoms with Crippen molar-refractivity contribution in [3.8, 4) is 5.75 Å². The highest BCUT2D eigenvalue weighted by Gasteiger charge is 2.38. The fourth-order valence-electron chi connectivity index (χ4n) is 3.46. The summed E-state index contributed by atoms with van der Waals surface area (Å²) in [5.74, 6) is 0.487. The molecule has 0 aliphatic carbocycles. The largest absolute Gasteiger partial charge is 0.497 e. The molecule has 3 nitrogen and oxygen atoms in total. The highest BCUT2D eigenvalue weighted by molar-refractivity contribution is 6.31. The van der Waals surface area contributed by atoms with Crippen LogP contribution in [0.2, 0.25) is 5.02 Å². The number of ether oxygens (including phenoxy) is 1. The third-order valence-electron chi connectivity index (χ3n) is 4.74. The number of hydrogen-bond acceptors (Lipinski definition) is 2. The number of amides is 1. The van der Waals surface area contributed by atoms with E-state index in [1.807, 2.05) is 77.7 Å². The van der Waals surface area contributed by atoms with Crippen molar-refractivity contribution in [1.82, 2.24) is 0 Å². The molecule has 3 aromatic rings. The predicted molar refractivity (Wildman–Crippen MR) is 104 cm³/mol. The van der Waals surface area contributed by atoms with Crippen molar-refractivity contribution in [3.63, 3.8) is 0 Å². The summed E-state index contributed by atoms with van der Waals surface area (Å²) in [7, 11) is 1.63. The molecule has 26 heavy (non-hydrogen) atoms. The van der Waals surface area contributed by atoms with Gasteiger partial charge in [-0.2, -0.15) is 0 Å². The maximum absolute atomic E-state index is 13.3. The van der Waals surface area contributed by atoms with Crippen LogP contribution in [0.25, 0.3) is 0 Å². The number of anilines is 1. The van der Waals surface area contributed by atoms with Crippen molar-refractivity contribution in [2.75, 3.05) is 12.0 Å². The van der Waals surface area contributed by atoms with E-state index in [1.165, 1.54) is 0 Å². The molecule has 1 atom stereocenters. The van der Waals surface area contributed by atoms with Crippen LogP contribution >= 0.6 is 11.6 Å². The van der Waals surface area contributed by atoms with Crippen LogP contribution in [0.15, 0.2) is 72.8 Å². The van der Waals surface area contributed by atoms with Gasteiger partial charge in [0.25, 0.3) is 0 Å². The van der Waals surface area contributed by atoms with Crippen LogP contribution in [0.3, 0.4) is 0 Å². The Kier molecular flexibility index (Phi) is 4.39. The number of fused-ring (bicyclic) bond motifs is 1. The van der Waals surface area contributed by atoms with Crippen LogP contribution in [-0.4, -0.2) is 13.0 Å². The lowest BCUT2D eigenvalue weighted by Crippen LogP contribution is -2.28. The van der Waals surface area contributed by atoms with Crippen LogP contribution in [0, 0.1) is 0 Å². The smallest absolute Gasteiger partial charge is 0.239 e. The summed E-state index contributed by atoms with van der Waals surface area (Å²) in [5.41, 5.74) is 3.90. The molecule has 0 saturated carbocycles. The Morgan fingerprint density at radius 1 is 1.00 bits per heavy atom. The topological polar surface area (TPSA) is 29.5 Å². The summed E-state index contributed by atoms with van der Waals surface area (Å²) < 4.78 is 5.23. The van der Waals surface area contributed by atoms with Gasteiger partial charge in [-0.3, -0.25) is 4.79 Å². The summed E-state index contributed by atoms with van der Waals surface area (Å²) >= 11 is 6.23. The molecule has 0 aromatic heterocycles. The van der Waals surface area contributed by atoms with Crippen molar-refractivity contribution in [2.24, 2.45) is 0 Å². The molecule has 0 saturated heterocycles. The molecule has 0 bridgehead atoms. The molecular weight excluding hydrogens is 346 g/mol. The van der Waals surface area contributed by atoms with Gasteiger partial charge in [-0.15, -0.1) is 0 Å². The fourth-order valence-corrected chi connectivity index (χ4v) is 3.64. The van der Waals surface area contributed by atoms with E-state index in [1.54, 1.807) is 7.11 Å². The minimum atomic E-state index is -0.349. The first kappa shape index (κ1) is 16.7. The van der Waals surface area contributed by atoms with Crippen molar-refractivity contribution >= 4 is 23.2 Å². The number of benzene rings is 3. The van der Waals surface area contributed by atoms with Crippen LogP contribution in [0.4, 0.5) is 5.69 Å². The van der Waals surface area contributed by atoms with E-state index < -0.39 is 0 Å². The molecular formula is C22H18ClNO2. The molecule has 1 amide bonds. The summed E-state index contributed by atoms with van der Waals surface area (Å²) in [6.07, 6.45) is 0. The number of carbonyl (C=O) groups is 1. The molecule has 4 heteroatoms. The number of carbonyl (C=O) groups excluding carboxylic acids is 1. The Balaban J connectivity index is 1.76. The van der Waals surface area contributed by atoms with Crippen molar-refractivity contribution < 1.29 is 9.53 Å². The molecule has 0 N–H and O–H groups in total. The van der Waals surface area contributed by atoms with E-state index >= 15 is 0 Å². The van der Waals surface area contributed by atoms with E-state index in [2.05, 4.69) is 0 Å². The number of nitrogens with zero attached hydrogens (tertiary/aromatic N) is 1. The second kappa shape index (κ2) is 6.85. The van der Waals surface area contributed by atoms with Crippen molar-refractivity contribution in [2.45, 2.75) is 12.5 Å². The first-order chi connectivity index (χ1) is 12.7. The zero-order valence-corrected chi connectivity index (χ0v) is 15.1. The number of halogens is 1. The van der Waals surface area contributed by atoms with Gasteiger partial charge in [0.2, 0.25) is 5.91 Å². The Morgan fingerprint density at radius 3 is 2.42 bits per heavy atom. The van der Waals surface area contributed by atoms with Crippen LogP contribution in [-0.2, 0) is 11.3 Å². The lowest BCUT2D eigenvalue weighted by atomic mass is 9.92. The Morgan fingerprint density at radius 2 is 1.73 bits per heavy atom. The quantitative estimate of drug-likeness (QED) is 0.650. The molecule has 1 unspecified atom stereocenters. The van der Waals surface area contributed by atoms with E-state index in [0.717, 1.165) is 28.1 Å². The molecule has 0 radical (unpaired) electrons. The Labute approximate surface area is 157 Å². The van der Waals surface area contributed by atoms with Crippen molar-refractivity contribution in [1.29, 1.82) is 0 Å². The summed E-state index contributed by atoms with van der Waals surface area (Å²) in [6.45, 7) is 0.543. The average Bonchev–Trinajstić information content (AvgIpc) is 2.94. The second-order valence-electron chi connectivity index (χ2n) is 6.32. The molecule has 1 aliphatic heterocycles. The summed E-state index contributed by atoms with van der Waals surface area (Å²) in [4.78, 5) is 15.1. The second-order valence-corrected chi connectivity index (χ2v) is 6.76. The number of rotatable bonds is 4. The van der Waals surface area contributed by atoms with E-state index in [-0.39, 0.29) is 11.8 Å². The van der Waals surface area contributed by atoms with Gasteiger partial charge in [0.05, 0.1) is 19.6 Å². The van der Waals surface area contributed by atoms with Crippen molar-refractivity contribution in [3.05, 3.63) is 94.5 Å². The average molecular weight is 364 g/mol. The monoisotopic (exact) mass is 363 g/mol. The molecule has 1 aliphatic rings. The van der Waals surface area contributed by atoms with Gasteiger partial charge in [-0.25, -0.2) is 0 Å². The zero-order chi connectivity index (χ0) is 18.1. The molecule has 130 valence electrons. The van der Waals surface area contributed by atoms with Gasteiger partial charge < -0.3 is 9.64 Å². The third-order valence-corrected chi connectivity index (χ3v) is 4.97. The van der Waals surface area contributed by atoms with E-state index in [4.69, 9.17) is 16.3 Å². The first-order valence-electron chi connectivity index (χ1n) is 8.46. The fraction of sp³-hybridized carbons (Fsp3) is 0.136. The zero-order valence-electron chi connectivity index (χ0n) is 14.4. The standard InChI is InChI=1S/C22H18ClNO2/c1-26-18-10-7-16(8-11-18)21-19-13-17(23)9-12-20(19)24(22(21)25)14-15-5-3-2-4-6-15/h2-13,21H,14H2,1H3. The van der Waals surface area contributed by atoms with E-state index in [0.29, 0.717) is 11.6 Å².